The first-order valence-electron chi connectivity index (χ1n) is 5.79. The second-order valence-electron chi connectivity index (χ2n) is 3.99. The molecule has 0 saturated carbocycles. The number of esters is 1. The van der Waals surface area contributed by atoms with Gasteiger partial charge < -0.3 is 9.47 Å². The molecule has 0 aliphatic carbocycles. The highest BCUT2D eigenvalue weighted by atomic mass is 19.4. The molecule has 1 aromatic heterocycles. The number of carbonyl (C=O) groups is 1. The molecule has 4 nitrogen and oxygen atoms in total. The lowest BCUT2D eigenvalue weighted by Crippen LogP contribution is -2.17. The number of halogens is 3. The van der Waals surface area contributed by atoms with Crippen molar-refractivity contribution in [1.82, 2.24) is 4.98 Å². The van der Waals surface area contributed by atoms with Crippen LogP contribution < -0.4 is 4.74 Å². The van der Waals surface area contributed by atoms with Crippen LogP contribution in [0.1, 0.15) is 10.4 Å². The number of ether oxygens (including phenoxy) is 2. The van der Waals surface area contributed by atoms with E-state index in [1.165, 1.54) is 25.6 Å². The van der Waals surface area contributed by atoms with Gasteiger partial charge in [0.15, 0.2) is 0 Å². The maximum absolute atomic E-state index is 12.3. The monoisotopic (exact) mass is 297 g/mol. The number of rotatable bonds is 3. The average Bonchev–Trinajstić information content (AvgIpc) is 2.45. The first-order chi connectivity index (χ1) is 9.90. The van der Waals surface area contributed by atoms with Gasteiger partial charge in [0.05, 0.1) is 12.7 Å². The van der Waals surface area contributed by atoms with Gasteiger partial charge in [-0.2, -0.15) is 0 Å². The topological polar surface area (TPSA) is 48.4 Å². The minimum absolute atomic E-state index is 0.125. The van der Waals surface area contributed by atoms with Gasteiger partial charge in [0.25, 0.3) is 0 Å². The Bertz CT molecular complexity index is 642. The second kappa shape index (κ2) is 5.82. The highest BCUT2D eigenvalue weighted by molar-refractivity contribution is 5.97. The van der Waals surface area contributed by atoms with Crippen LogP contribution in [0.15, 0.2) is 42.7 Å². The average molecular weight is 297 g/mol. The van der Waals surface area contributed by atoms with Crippen molar-refractivity contribution in [2.45, 2.75) is 6.36 Å². The van der Waals surface area contributed by atoms with Gasteiger partial charge in [-0.05, 0) is 24.3 Å². The van der Waals surface area contributed by atoms with Crippen LogP contribution in [-0.4, -0.2) is 24.4 Å². The number of methoxy groups -OCH3 is 1. The molecule has 0 aliphatic heterocycles. The molecule has 0 fully saturated rings. The Balaban J connectivity index is 2.51. The van der Waals surface area contributed by atoms with Gasteiger partial charge in [0, 0.05) is 23.5 Å². The maximum Gasteiger partial charge on any atom is 0.573 e. The predicted octanol–water partition coefficient (Wildman–Crippen LogP) is 3.43. The highest BCUT2D eigenvalue weighted by Crippen LogP contribution is 2.31. The van der Waals surface area contributed by atoms with Crippen LogP contribution in [0.2, 0.25) is 0 Å². The molecule has 0 amide bonds. The van der Waals surface area contributed by atoms with Crippen LogP contribution in [0.5, 0.6) is 5.75 Å². The van der Waals surface area contributed by atoms with Crippen molar-refractivity contribution in [3.8, 4) is 16.9 Å². The molecule has 1 aromatic carbocycles. The third-order valence-electron chi connectivity index (χ3n) is 2.60. The molecule has 0 bridgehead atoms. The fourth-order valence-electron chi connectivity index (χ4n) is 1.77. The van der Waals surface area contributed by atoms with E-state index in [2.05, 4.69) is 14.5 Å². The van der Waals surface area contributed by atoms with E-state index in [1.54, 1.807) is 12.1 Å². The van der Waals surface area contributed by atoms with E-state index in [0.717, 1.165) is 12.1 Å². The van der Waals surface area contributed by atoms with Crippen LogP contribution in [-0.2, 0) is 4.74 Å². The molecule has 0 atom stereocenters. The SMILES string of the molecule is COC(=O)c1ccc(OC(F)(F)F)cc1-c1cccnc1. The molecule has 0 spiro atoms. The number of carbonyl (C=O) groups excluding carboxylic acids is 1. The number of aromatic nitrogens is 1. The molecule has 2 aromatic rings. The molecule has 1 heterocycles. The zero-order valence-corrected chi connectivity index (χ0v) is 10.8. The fraction of sp³-hybridized carbons (Fsp3) is 0.143. The number of nitrogens with zero attached hydrogens (tertiary/aromatic N) is 1. The Morgan fingerprint density at radius 1 is 1.24 bits per heavy atom. The Kier molecular flexibility index (Phi) is 4.11. The summed E-state index contributed by atoms with van der Waals surface area (Å²) in [5.41, 5.74) is 0.849. The molecule has 7 heteroatoms. The Hall–Kier alpha value is -2.57. The van der Waals surface area contributed by atoms with E-state index in [-0.39, 0.29) is 11.1 Å². The highest BCUT2D eigenvalue weighted by Gasteiger charge is 2.31. The lowest BCUT2D eigenvalue weighted by molar-refractivity contribution is -0.274. The van der Waals surface area contributed by atoms with E-state index in [0.29, 0.717) is 5.56 Å². The van der Waals surface area contributed by atoms with E-state index in [1.807, 2.05) is 0 Å². The number of alkyl halides is 3. The van der Waals surface area contributed by atoms with E-state index in [9.17, 15) is 18.0 Å². The van der Waals surface area contributed by atoms with Crippen molar-refractivity contribution in [2.75, 3.05) is 7.11 Å². The summed E-state index contributed by atoms with van der Waals surface area (Å²) in [6, 6.07) is 6.62. The van der Waals surface area contributed by atoms with Gasteiger partial charge in [-0.3, -0.25) is 4.98 Å². The molecular weight excluding hydrogens is 287 g/mol. The molecule has 0 saturated heterocycles. The van der Waals surface area contributed by atoms with Crippen LogP contribution in [0, 0.1) is 0 Å². The number of hydrogen-bond donors (Lipinski definition) is 0. The summed E-state index contributed by atoms with van der Waals surface area (Å²) in [4.78, 5) is 15.6. The maximum atomic E-state index is 12.3. The van der Waals surface area contributed by atoms with Gasteiger partial charge >= 0.3 is 12.3 Å². The van der Waals surface area contributed by atoms with Crippen LogP contribution in [0.3, 0.4) is 0 Å². The second-order valence-corrected chi connectivity index (χ2v) is 3.99. The Labute approximate surface area is 118 Å². The summed E-state index contributed by atoms with van der Waals surface area (Å²) in [5, 5.41) is 0. The summed E-state index contributed by atoms with van der Waals surface area (Å²) >= 11 is 0. The van der Waals surface area contributed by atoms with Gasteiger partial charge in [-0.25, -0.2) is 4.79 Å². The van der Waals surface area contributed by atoms with E-state index < -0.39 is 18.1 Å². The number of benzene rings is 1. The summed E-state index contributed by atoms with van der Waals surface area (Å²) in [6.45, 7) is 0. The quantitative estimate of drug-likeness (QED) is 0.814. The number of hydrogen-bond acceptors (Lipinski definition) is 4. The lowest BCUT2D eigenvalue weighted by atomic mass is 10.0. The van der Waals surface area contributed by atoms with Crippen molar-refractivity contribution < 1.29 is 27.4 Å². The van der Waals surface area contributed by atoms with Crippen LogP contribution >= 0.6 is 0 Å². The fourth-order valence-corrected chi connectivity index (χ4v) is 1.77. The first-order valence-corrected chi connectivity index (χ1v) is 5.79. The third kappa shape index (κ3) is 3.71. The minimum atomic E-state index is -4.81. The molecule has 110 valence electrons. The molecule has 0 N–H and O–H groups in total. The molecule has 21 heavy (non-hydrogen) atoms. The Morgan fingerprint density at radius 2 is 2.00 bits per heavy atom. The zero-order chi connectivity index (χ0) is 15.5. The van der Waals surface area contributed by atoms with Crippen molar-refractivity contribution in [2.24, 2.45) is 0 Å². The van der Waals surface area contributed by atoms with Crippen molar-refractivity contribution in [3.05, 3.63) is 48.3 Å². The van der Waals surface area contributed by atoms with Gasteiger partial charge in [0.1, 0.15) is 5.75 Å². The van der Waals surface area contributed by atoms with Crippen molar-refractivity contribution in [1.29, 1.82) is 0 Å². The first kappa shape index (κ1) is 14.8. The summed E-state index contributed by atoms with van der Waals surface area (Å²) in [7, 11) is 1.19. The van der Waals surface area contributed by atoms with Crippen molar-refractivity contribution >= 4 is 5.97 Å². The normalized spacial score (nSPS) is 11.0. The van der Waals surface area contributed by atoms with Crippen LogP contribution in [0.25, 0.3) is 11.1 Å². The Morgan fingerprint density at radius 3 is 2.57 bits per heavy atom. The van der Waals surface area contributed by atoms with Gasteiger partial charge in [0.2, 0.25) is 0 Å². The molecule has 0 radical (unpaired) electrons. The zero-order valence-electron chi connectivity index (χ0n) is 10.8. The summed E-state index contributed by atoms with van der Waals surface area (Å²) < 4.78 is 45.3. The molecule has 0 aliphatic rings. The molecule has 0 unspecified atom stereocenters. The largest absolute Gasteiger partial charge is 0.573 e. The molecule has 2 rings (SSSR count). The standard InChI is InChI=1S/C14H10F3NO3/c1-20-13(19)11-5-4-10(21-14(15,16)17)7-12(11)9-3-2-6-18-8-9/h2-8H,1H3. The third-order valence-corrected chi connectivity index (χ3v) is 2.60. The van der Waals surface area contributed by atoms with Gasteiger partial charge in [-0.1, -0.05) is 6.07 Å². The van der Waals surface area contributed by atoms with E-state index >= 15 is 0 Å². The van der Waals surface area contributed by atoms with E-state index in [4.69, 9.17) is 0 Å². The van der Waals surface area contributed by atoms with Crippen LogP contribution in [0.4, 0.5) is 13.2 Å². The lowest BCUT2D eigenvalue weighted by Gasteiger charge is -2.12. The number of pyridine rings is 1. The van der Waals surface area contributed by atoms with Gasteiger partial charge in [-0.15, -0.1) is 13.2 Å². The van der Waals surface area contributed by atoms with Crippen molar-refractivity contribution in [3.63, 3.8) is 0 Å². The smallest absolute Gasteiger partial charge is 0.465 e. The predicted molar refractivity (Wildman–Crippen MR) is 67.7 cm³/mol. The minimum Gasteiger partial charge on any atom is -0.465 e. The molecular formula is C14H10F3NO3. The summed E-state index contributed by atoms with van der Waals surface area (Å²) in [6.07, 6.45) is -1.87. The summed E-state index contributed by atoms with van der Waals surface area (Å²) in [5.74, 6) is -1.08.